The van der Waals surface area contributed by atoms with Crippen molar-refractivity contribution in [3.63, 3.8) is 0 Å². The Morgan fingerprint density at radius 3 is 2.78 bits per heavy atom. The molecule has 2 N–H and O–H groups in total. The number of hydrogen-bond donors (Lipinski definition) is 2. The topological polar surface area (TPSA) is 74.7 Å². The molecule has 1 unspecified atom stereocenters. The number of rotatable bonds is 9. The van der Waals surface area contributed by atoms with Crippen molar-refractivity contribution in [2.24, 2.45) is 0 Å². The number of aliphatic hydroxyl groups is 1. The van der Waals surface area contributed by atoms with Crippen molar-refractivity contribution in [3.05, 3.63) is 95.5 Å². The predicted molar refractivity (Wildman–Crippen MR) is 127 cm³/mol. The first-order valence-electron chi connectivity index (χ1n) is 10.8. The number of carbonyl (C=O) groups is 1. The van der Waals surface area contributed by atoms with Crippen molar-refractivity contribution >= 4 is 11.5 Å². The molecule has 0 aliphatic carbocycles. The van der Waals surface area contributed by atoms with Gasteiger partial charge in [-0.05, 0) is 48.3 Å². The minimum absolute atomic E-state index is 0.190. The Balaban J connectivity index is 1.59. The van der Waals surface area contributed by atoms with E-state index >= 15 is 0 Å². The van der Waals surface area contributed by atoms with Crippen molar-refractivity contribution in [3.8, 4) is 0 Å². The van der Waals surface area contributed by atoms with E-state index in [4.69, 9.17) is 4.74 Å². The summed E-state index contributed by atoms with van der Waals surface area (Å²) >= 11 is 0. The lowest BCUT2D eigenvalue weighted by Gasteiger charge is -2.30. The number of pyridine rings is 1. The number of nitrogens with zero attached hydrogens (tertiary/aromatic N) is 2. The number of benzene rings is 1. The van der Waals surface area contributed by atoms with Crippen LogP contribution >= 0.6 is 0 Å². The smallest absolute Gasteiger partial charge is 0.252 e. The lowest BCUT2D eigenvalue weighted by molar-refractivity contribution is 0.0423. The monoisotopic (exact) mass is 433 g/mol. The lowest BCUT2D eigenvalue weighted by Crippen LogP contribution is -2.38. The number of β-amino-alcohol motifs (C(OH)–C–C–N with tert-alkyl or cyclic N) is 1. The van der Waals surface area contributed by atoms with E-state index in [1.807, 2.05) is 19.1 Å². The van der Waals surface area contributed by atoms with E-state index in [1.54, 1.807) is 25.4 Å². The summed E-state index contributed by atoms with van der Waals surface area (Å²) < 4.78 is 5.88. The van der Waals surface area contributed by atoms with E-state index in [-0.39, 0.29) is 12.5 Å². The van der Waals surface area contributed by atoms with Crippen LogP contribution in [0.5, 0.6) is 0 Å². The molecule has 0 fully saturated rings. The van der Waals surface area contributed by atoms with E-state index in [9.17, 15) is 9.90 Å². The van der Waals surface area contributed by atoms with E-state index in [0.29, 0.717) is 17.9 Å². The average molecular weight is 434 g/mol. The fourth-order valence-corrected chi connectivity index (χ4v) is 3.74. The zero-order valence-electron chi connectivity index (χ0n) is 18.8. The van der Waals surface area contributed by atoms with Crippen LogP contribution in [0.15, 0.2) is 73.3 Å². The molecule has 32 heavy (non-hydrogen) atoms. The second kappa shape index (κ2) is 11.4. The fourth-order valence-electron chi connectivity index (χ4n) is 3.74. The van der Waals surface area contributed by atoms with Crippen LogP contribution in [-0.4, -0.2) is 53.7 Å². The zero-order chi connectivity index (χ0) is 22.9. The molecule has 2 aromatic rings. The van der Waals surface area contributed by atoms with Crippen LogP contribution in [0.2, 0.25) is 0 Å². The molecule has 0 spiro atoms. The molecule has 6 heteroatoms. The Morgan fingerprint density at radius 2 is 2.06 bits per heavy atom. The summed E-state index contributed by atoms with van der Waals surface area (Å²) in [6, 6.07) is 10.2. The van der Waals surface area contributed by atoms with Gasteiger partial charge in [0.25, 0.3) is 5.91 Å². The van der Waals surface area contributed by atoms with Crippen LogP contribution in [0.3, 0.4) is 0 Å². The molecule has 1 aromatic heterocycles. The molecule has 1 atom stereocenters. The molecule has 1 amide bonds. The lowest BCUT2D eigenvalue weighted by atomic mass is 10.00. The van der Waals surface area contributed by atoms with E-state index in [2.05, 4.69) is 46.0 Å². The van der Waals surface area contributed by atoms with Gasteiger partial charge in [-0.1, -0.05) is 36.9 Å². The molecular weight excluding hydrogens is 402 g/mol. The van der Waals surface area contributed by atoms with Crippen molar-refractivity contribution in [2.75, 3.05) is 26.7 Å². The number of amides is 1. The van der Waals surface area contributed by atoms with Crippen molar-refractivity contribution in [1.29, 1.82) is 0 Å². The second-order valence-corrected chi connectivity index (χ2v) is 7.75. The summed E-state index contributed by atoms with van der Waals surface area (Å²) in [6.07, 6.45) is 8.96. The summed E-state index contributed by atoms with van der Waals surface area (Å²) in [4.78, 5) is 18.3. The molecule has 0 radical (unpaired) electrons. The van der Waals surface area contributed by atoms with Gasteiger partial charge in [0.1, 0.15) is 18.5 Å². The van der Waals surface area contributed by atoms with Gasteiger partial charge in [-0.15, -0.1) is 0 Å². The first-order chi connectivity index (χ1) is 15.5. The van der Waals surface area contributed by atoms with Crippen LogP contribution in [-0.2, 0) is 17.7 Å². The summed E-state index contributed by atoms with van der Waals surface area (Å²) in [5.74, 6) is 0.419. The first-order valence-corrected chi connectivity index (χ1v) is 10.8. The Hall–Kier alpha value is -3.22. The first kappa shape index (κ1) is 23.4. The zero-order valence-corrected chi connectivity index (χ0v) is 18.8. The third-order valence-electron chi connectivity index (χ3n) is 5.48. The average Bonchev–Trinajstić information content (AvgIpc) is 2.83. The van der Waals surface area contributed by atoms with Gasteiger partial charge in [0.05, 0.1) is 5.56 Å². The highest BCUT2D eigenvalue weighted by Crippen LogP contribution is 2.20. The Labute approximate surface area is 189 Å². The maximum Gasteiger partial charge on any atom is 0.252 e. The molecule has 0 saturated heterocycles. The molecule has 1 aliphatic heterocycles. The second-order valence-electron chi connectivity index (χ2n) is 7.75. The van der Waals surface area contributed by atoms with Gasteiger partial charge < -0.3 is 15.2 Å². The van der Waals surface area contributed by atoms with Crippen LogP contribution in [0.25, 0.3) is 5.57 Å². The molecule has 1 aliphatic rings. The number of allylic oxidation sites excluding steroid dienone is 4. The van der Waals surface area contributed by atoms with Gasteiger partial charge in [0.15, 0.2) is 0 Å². The number of aliphatic hydroxyl groups excluding tert-OH is 1. The molecule has 0 saturated carbocycles. The highest BCUT2D eigenvalue weighted by molar-refractivity contribution is 5.94. The number of fused-ring (bicyclic) bond motifs is 1. The number of nitrogens with one attached hydrogen (secondary N) is 1. The van der Waals surface area contributed by atoms with Gasteiger partial charge >= 0.3 is 0 Å². The quantitative estimate of drug-likeness (QED) is 0.469. The van der Waals surface area contributed by atoms with Gasteiger partial charge in [0, 0.05) is 44.6 Å². The maximum absolute atomic E-state index is 11.9. The van der Waals surface area contributed by atoms with Crippen LogP contribution in [0, 0.1) is 0 Å². The number of hydrogen-bond acceptors (Lipinski definition) is 5. The van der Waals surface area contributed by atoms with Crippen molar-refractivity contribution in [2.45, 2.75) is 26.0 Å². The Kier molecular flexibility index (Phi) is 8.36. The molecule has 168 valence electrons. The number of aromatic nitrogens is 1. The van der Waals surface area contributed by atoms with Crippen LogP contribution in [0.1, 0.15) is 34.0 Å². The van der Waals surface area contributed by atoms with E-state index in [1.165, 1.54) is 17.3 Å². The predicted octanol–water partition coefficient (Wildman–Crippen LogP) is 3.35. The van der Waals surface area contributed by atoms with Gasteiger partial charge in [-0.25, -0.2) is 0 Å². The third kappa shape index (κ3) is 6.15. The van der Waals surface area contributed by atoms with Crippen LogP contribution in [0.4, 0.5) is 0 Å². The van der Waals surface area contributed by atoms with Gasteiger partial charge in [-0.3, -0.25) is 14.7 Å². The summed E-state index contributed by atoms with van der Waals surface area (Å²) in [5.41, 5.74) is 4.73. The normalized spacial score (nSPS) is 15.6. The summed E-state index contributed by atoms with van der Waals surface area (Å²) in [6.45, 7) is 8.27. The minimum atomic E-state index is -0.603. The molecule has 1 aromatic carbocycles. The summed E-state index contributed by atoms with van der Waals surface area (Å²) in [7, 11) is 1.58. The van der Waals surface area contributed by atoms with Crippen LogP contribution < -0.4 is 5.32 Å². The van der Waals surface area contributed by atoms with Crippen molar-refractivity contribution in [1.82, 2.24) is 15.2 Å². The highest BCUT2D eigenvalue weighted by atomic mass is 16.5. The highest BCUT2D eigenvalue weighted by Gasteiger charge is 2.19. The third-order valence-corrected chi connectivity index (χ3v) is 5.48. The Bertz CT molecular complexity index is 1010. The molecule has 6 nitrogen and oxygen atoms in total. The fraction of sp³-hybridized carbons (Fsp3) is 0.308. The number of carbonyl (C=O) groups excluding carboxylic acids is 1. The minimum Gasteiger partial charge on any atom is -0.491 e. The maximum atomic E-state index is 11.9. The standard InChI is InChI=1S/C26H31N3O3/c1-4-19(22-12-23(15-28-14-22)26(31)27-3)13-25(5-2)32-18-24(30)17-29-11-10-20-8-6-7-9-21(20)16-29/h4-9,12-15,24,30H,1,10-11,16-18H2,2-3H3,(H,27,31)/b19-13+,25-5+. The van der Waals surface area contributed by atoms with Gasteiger partial charge in [-0.2, -0.15) is 0 Å². The number of ether oxygens (including phenoxy) is 1. The molecule has 0 bridgehead atoms. The summed E-state index contributed by atoms with van der Waals surface area (Å²) in [5, 5.41) is 13.1. The van der Waals surface area contributed by atoms with Crippen molar-refractivity contribution < 1.29 is 14.6 Å². The largest absolute Gasteiger partial charge is 0.491 e. The SMILES string of the molecule is C=C/C(=C\C(=C/C)OCC(O)CN1CCc2ccccc2C1)c1cncc(C(=O)NC)c1. The molecular formula is C26H31N3O3. The Morgan fingerprint density at radius 1 is 1.31 bits per heavy atom. The van der Waals surface area contributed by atoms with E-state index < -0.39 is 6.10 Å². The van der Waals surface area contributed by atoms with Gasteiger partial charge in [0.2, 0.25) is 0 Å². The molecule has 2 heterocycles. The van der Waals surface area contributed by atoms with E-state index in [0.717, 1.165) is 30.6 Å². The molecule has 3 rings (SSSR count).